The van der Waals surface area contributed by atoms with E-state index in [0.717, 1.165) is 29.0 Å². The fourth-order valence-corrected chi connectivity index (χ4v) is 3.76. The Morgan fingerprint density at radius 2 is 2.14 bits per heavy atom. The molecule has 8 nitrogen and oxygen atoms in total. The van der Waals surface area contributed by atoms with Crippen LogP contribution >= 0.6 is 11.6 Å². The van der Waals surface area contributed by atoms with E-state index >= 15 is 0 Å². The van der Waals surface area contributed by atoms with Crippen LogP contribution in [0.1, 0.15) is 49.8 Å². The largest absolute Gasteiger partial charge is 0.407 e. The number of hydrogen-bond donors (Lipinski definition) is 1. The molecular formula is C19H20ClN7O. The standard InChI is InChI=1S/C19H20ClN7O/c1-19(2,3)17-23-24-18(28-17)26-8-6-12-15(22-10-21-12)16(26)13-9-14-11(20)5-4-7-27(14)25-13/h4-5,7,9-10,16H,6,8H2,1-3H3,(H,21,22)/t16-/m0/s1. The first-order chi connectivity index (χ1) is 13.4. The highest BCUT2D eigenvalue weighted by atomic mass is 35.5. The quantitative estimate of drug-likeness (QED) is 0.556. The number of hydrogen-bond acceptors (Lipinski definition) is 6. The Morgan fingerprint density at radius 3 is 2.89 bits per heavy atom. The smallest absolute Gasteiger partial charge is 0.319 e. The van der Waals surface area contributed by atoms with Gasteiger partial charge in [0.2, 0.25) is 5.89 Å². The van der Waals surface area contributed by atoms with Crippen LogP contribution < -0.4 is 4.90 Å². The van der Waals surface area contributed by atoms with Crippen LogP contribution in [0, 0.1) is 0 Å². The number of halogens is 1. The molecule has 1 aliphatic rings. The minimum atomic E-state index is -0.237. The maximum Gasteiger partial charge on any atom is 0.319 e. The SMILES string of the molecule is CC(C)(C)c1nnc(N2CCc3[nH]cnc3[C@@H]2c2cc3c(Cl)cccn3n2)o1. The number of fused-ring (bicyclic) bond motifs is 2. The van der Waals surface area contributed by atoms with Crippen LogP contribution in [0.5, 0.6) is 0 Å². The molecule has 144 valence electrons. The number of aromatic nitrogens is 6. The summed E-state index contributed by atoms with van der Waals surface area (Å²) in [7, 11) is 0. The monoisotopic (exact) mass is 397 g/mol. The number of imidazole rings is 1. The first kappa shape index (κ1) is 17.2. The molecule has 1 atom stereocenters. The Morgan fingerprint density at radius 1 is 1.29 bits per heavy atom. The first-order valence-electron chi connectivity index (χ1n) is 9.18. The van der Waals surface area contributed by atoms with Crippen LogP contribution in [-0.2, 0) is 11.8 Å². The number of nitrogens with zero attached hydrogens (tertiary/aromatic N) is 6. The number of nitrogens with one attached hydrogen (secondary N) is 1. The van der Waals surface area contributed by atoms with Gasteiger partial charge in [0.05, 0.1) is 28.3 Å². The fourth-order valence-electron chi connectivity index (χ4n) is 3.55. The molecule has 4 aromatic rings. The van der Waals surface area contributed by atoms with Crippen molar-refractivity contribution in [1.82, 2.24) is 29.8 Å². The van der Waals surface area contributed by atoms with Gasteiger partial charge in [-0.2, -0.15) is 5.10 Å². The second kappa shape index (κ2) is 6.07. The Labute approximate surface area is 166 Å². The van der Waals surface area contributed by atoms with Crippen LogP contribution in [0.3, 0.4) is 0 Å². The van der Waals surface area contributed by atoms with Crippen molar-refractivity contribution >= 4 is 23.1 Å². The highest BCUT2D eigenvalue weighted by molar-refractivity contribution is 6.33. The summed E-state index contributed by atoms with van der Waals surface area (Å²) in [5.41, 5.74) is 3.48. The summed E-state index contributed by atoms with van der Waals surface area (Å²) in [5.74, 6) is 0.604. The van der Waals surface area contributed by atoms with E-state index in [1.54, 1.807) is 10.8 Å². The number of pyridine rings is 1. The third kappa shape index (κ3) is 2.67. The van der Waals surface area contributed by atoms with Crippen molar-refractivity contribution in [2.75, 3.05) is 11.4 Å². The molecule has 5 heterocycles. The van der Waals surface area contributed by atoms with Crippen LogP contribution in [0.2, 0.25) is 5.02 Å². The molecule has 28 heavy (non-hydrogen) atoms. The Hall–Kier alpha value is -2.87. The van der Waals surface area contributed by atoms with E-state index in [4.69, 9.17) is 21.1 Å². The van der Waals surface area contributed by atoms with Gasteiger partial charge in [-0.25, -0.2) is 9.50 Å². The van der Waals surface area contributed by atoms with Crippen molar-refractivity contribution in [3.05, 3.63) is 58.7 Å². The van der Waals surface area contributed by atoms with E-state index in [9.17, 15) is 0 Å². The molecule has 0 aromatic carbocycles. The maximum absolute atomic E-state index is 6.36. The molecule has 0 aliphatic carbocycles. The molecule has 0 saturated carbocycles. The summed E-state index contributed by atoms with van der Waals surface area (Å²) in [6.45, 7) is 6.86. The topological polar surface area (TPSA) is 88.1 Å². The lowest BCUT2D eigenvalue weighted by Gasteiger charge is -2.32. The average Bonchev–Trinajstić information content (AvgIpc) is 3.38. The zero-order valence-electron chi connectivity index (χ0n) is 15.8. The summed E-state index contributed by atoms with van der Waals surface area (Å²) in [6.07, 6.45) is 4.42. The van der Waals surface area contributed by atoms with Gasteiger partial charge in [-0.1, -0.05) is 37.5 Å². The molecule has 1 aliphatic heterocycles. The van der Waals surface area contributed by atoms with E-state index in [1.807, 2.05) is 45.2 Å². The predicted molar refractivity (Wildman–Crippen MR) is 105 cm³/mol. The van der Waals surface area contributed by atoms with Crippen molar-refractivity contribution in [3.8, 4) is 0 Å². The Balaban J connectivity index is 1.64. The Kier molecular flexibility index (Phi) is 3.74. The molecule has 0 amide bonds. The van der Waals surface area contributed by atoms with Crippen LogP contribution in [0.4, 0.5) is 6.01 Å². The van der Waals surface area contributed by atoms with Gasteiger partial charge >= 0.3 is 6.01 Å². The minimum absolute atomic E-state index is 0.218. The first-order valence-corrected chi connectivity index (χ1v) is 9.56. The number of rotatable bonds is 2. The molecule has 5 rings (SSSR count). The van der Waals surface area contributed by atoms with Crippen molar-refractivity contribution < 1.29 is 4.42 Å². The van der Waals surface area contributed by atoms with Gasteiger partial charge in [-0.05, 0) is 18.2 Å². The van der Waals surface area contributed by atoms with E-state index in [1.165, 1.54) is 0 Å². The van der Waals surface area contributed by atoms with Crippen molar-refractivity contribution in [2.45, 2.75) is 38.6 Å². The van der Waals surface area contributed by atoms with E-state index < -0.39 is 0 Å². The molecular weight excluding hydrogens is 378 g/mol. The second-order valence-electron chi connectivity index (χ2n) is 8.01. The van der Waals surface area contributed by atoms with E-state index in [2.05, 4.69) is 25.1 Å². The summed E-state index contributed by atoms with van der Waals surface area (Å²) in [5, 5.41) is 14.0. The van der Waals surface area contributed by atoms with Gasteiger partial charge in [0.15, 0.2) is 0 Å². The second-order valence-corrected chi connectivity index (χ2v) is 8.41. The van der Waals surface area contributed by atoms with Crippen LogP contribution in [-0.4, -0.2) is 36.3 Å². The van der Waals surface area contributed by atoms with E-state index in [-0.39, 0.29) is 11.5 Å². The molecule has 0 fully saturated rings. The molecule has 9 heteroatoms. The highest BCUT2D eigenvalue weighted by Gasteiger charge is 2.36. The normalized spacial score (nSPS) is 17.3. The van der Waals surface area contributed by atoms with Crippen molar-refractivity contribution in [3.63, 3.8) is 0 Å². The lowest BCUT2D eigenvalue weighted by Crippen LogP contribution is -2.37. The fraction of sp³-hybridized carbons (Fsp3) is 0.368. The summed E-state index contributed by atoms with van der Waals surface area (Å²) >= 11 is 6.36. The van der Waals surface area contributed by atoms with Gasteiger partial charge in [0, 0.05) is 30.3 Å². The third-order valence-electron chi connectivity index (χ3n) is 4.98. The molecule has 0 saturated heterocycles. The number of H-pyrrole nitrogens is 1. The Bertz CT molecular complexity index is 1150. The lowest BCUT2D eigenvalue weighted by molar-refractivity contribution is 0.385. The minimum Gasteiger partial charge on any atom is -0.407 e. The third-order valence-corrected chi connectivity index (χ3v) is 5.30. The number of aromatic amines is 1. The van der Waals surface area contributed by atoms with Gasteiger partial charge in [0.1, 0.15) is 6.04 Å². The maximum atomic E-state index is 6.36. The van der Waals surface area contributed by atoms with Crippen LogP contribution in [0.15, 0.2) is 35.1 Å². The van der Waals surface area contributed by atoms with Gasteiger partial charge in [-0.3, -0.25) is 0 Å². The summed E-state index contributed by atoms with van der Waals surface area (Å²) < 4.78 is 7.82. The van der Waals surface area contributed by atoms with Gasteiger partial charge in [0.25, 0.3) is 0 Å². The molecule has 4 aromatic heterocycles. The highest BCUT2D eigenvalue weighted by Crippen LogP contribution is 2.37. The summed E-state index contributed by atoms with van der Waals surface area (Å²) in [6, 6.07) is 5.96. The van der Waals surface area contributed by atoms with Crippen LogP contribution in [0.25, 0.3) is 5.52 Å². The number of anilines is 1. The van der Waals surface area contributed by atoms with Crippen molar-refractivity contribution in [2.24, 2.45) is 0 Å². The molecule has 1 N–H and O–H groups in total. The van der Waals surface area contributed by atoms with Crippen molar-refractivity contribution in [1.29, 1.82) is 0 Å². The zero-order chi connectivity index (χ0) is 19.5. The molecule has 0 radical (unpaired) electrons. The lowest BCUT2D eigenvalue weighted by atomic mass is 9.97. The van der Waals surface area contributed by atoms with Gasteiger partial charge < -0.3 is 14.3 Å². The van der Waals surface area contributed by atoms with E-state index in [0.29, 0.717) is 23.5 Å². The predicted octanol–water partition coefficient (Wildman–Crippen LogP) is 3.54. The average molecular weight is 398 g/mol. The molecule has 0 bridgehead atoms. The summed E-state index contributed by atoms with van der Waals surface area (Å²) in [4.78, 5) is 9.88. The molecule has 0 spiro atoms. The van der Waals surface area contributed by atoms with Gasteiger partial charge in [-0.15, -0.1) is 5.10 Å². The zero-order valence-corrected chi connectivity index (χ0v) is 16.6. The molecule has 0 unspecified atom stereocenters.